The lowest BCUT2D eigenvalue weighted by molar-refractivity contribution is 0.914. The number of benzene rings is 2. The van der Waals surface area contributed by atoms with Crippen LogP contribution in [-0.2, 0) is 6.54 Å². The van der Waals surface area contributed by atoms with Gasteiger partial charge in [-0.1, -0.05) is 24.3 Å². The lowest BCUT2D eigenvalue weighted by atomic mass is 10.1. The highest BCUT2D eigenvalue weighted by Gasteiger charge is 2.03. The second-order valence-corrected chi connectivity index (χ2v) is 4.37. The van der Waals surface area contributed by atoms with Gasteiger partial charge in [0.2, 0.25) is 0 Å². The summed E-state index contributed by atoms with van der Waals surface area (Å²) in [5.41, 5.74) is 10.4. The Labute approximate surface area is 103 Å². The van der Waals surface area contributed by atoms with Crippen LogP contribution >= 0.6 is 0 Å². The van der Waals surface area contributed by atoms with Crippen molar-refractivity contribution in [2.45, 2.75) is 13.5 Å². The molecule has 2 rings (SSSR count). The molecule has 0 bridgehead atoms. The maximum absolute atomic E-state index is 5.68. The molecule has 0 atom stereocenters. The number of nitrogen functional groups attached to an aromatic ring is 1. The van der Waals surface area contributed by atoms with Crippen LogP contribution in [0.1, 0.15) is 11.1 Å². The van der Waals surface area contributed by atoms with Crippen LogP contribution in [0.3, 0.4) is 0 Å². The van der Waals surface area contributed by atoms with Crippen molar-refractivity contribution < 1.29 is 0 Å². The molecule has 0 spiro atoms. The maximum Gasteiger partial charge on any atom is 0.0428 e. The van der Waals surface area contributed by atoms with E-state index in [0.29, 0.717) is 0 Å². The Morgan fingerprint density at radius 1 is 1.00 bits per heavy atom. The van der Waals surface area contributed by atoms with Crippen molar-refractivity contribution in [2.24, 2.45) is 0 Å². The first-order valence-electron chi connectivity index (χ1n) is 5.78. The zero-order valence-electron chi connectivity index (χ0n) is 10.4. The summed E-state index contributed by atoms with van der Waals surface area (Å²) < 4.78 is 0. The first kappa shape index (κ1) is 11.5. The van der Waals surface area contributed by atoms with Gasteiger partial charge in [-0.05, 0) is 42.3 Å². The molecule has 2 heteroatoms. The zero-order valence-corrected chi connectivity index (χ0v) is 10.4. The number of nitrogens with zero attached hydrogens (tertiary/aromatic N) is 1. The molecule has 0 saturated heterocycles. The van der Waals surface area contributed by atoms with Crippen LogP contribution in [0.15, 0.2) is 48.5 Å². The summed E-state index contributed by atoms with van der Waals surface area (Å²) in [6.07, 6.45) is 0. The van der Waals surface area contributed by atoms with Gasteiger partial charge in [-0.25, -0.2) is 0 Å². The van der Waals surface area contributed by atoms with Gasteiger partial charge in [0, 0.05) is 25.0 Å². The number of anilines is 2. The minimum Gasteiger partial charge on any atom is -0.399 e. The van der Waals surface area contributed by atoms with Crippen LogP contribution < -0.4 is 10.6 Å². The predicted octanol–water partition coefficient (Wildman–Crippen LogP) is 3.21. The molecule has 2 aromatic rings. The Hall–Kier alpha value is -1.96. The molecular formula is C15H18N2. The Morgan fingerprint density at radius 3 is 2.29 bits per heavy atom. The average molecular weight is 226 g/mol. The third kappa shape index (κ3) is 2.78. The highest BCUT2D eigenvalue weighted by Crippen LogP contribution is 2.18. The van der Waals surface area contributed by atoms with E-state index in [0.717, 1.165) is 12.2 Å². The predicted molar refractivity (Wildman–Crippen MR) is 74.1 cm³/mol. The van der Waals surface area contributed by atoms with Crippen molar-refractivity contribution in [3.8, 4) is 0 Å². The van der Waals surface area contributed by atoms with Gasteiger partial charge in [0.1, 0.15) is 0 Å². The topological polar surface area (TPSA) is 29.3 Å². The quantitative estimate of drug-likeness (QED) is 0.814. The number of nitrogens with two attached hydrogens (primary N) is 1. The molecule has 0 radical (unpaired) electrons. The SMILES string of the molecule is Cc1ccccc1CN(C)c1ccc(N)cc1. The minimum absolute atomic E-state index is 0.804. The van der Waals surface area contributed by atoms with Crippen LogP contribution in [0.25, 0.3) is 0 Å². The van der Waals surface area contributed by atoms with E-state index in [1.807, 2.05) is 24.3 Å². The highest BCUT2D eigenvalue weighted by atomic mass is 15.1. The molecule has 0 saturated carbocycles. The van der Waals surface area contributed by atoms with Crippen molar-refractivity contribution in [3.63, 3.8) is 0 Å². The van der Waals surface area contributed by atoms with E-state index in [9.17, 15) is 0 Å². The van der Waals surface area contributed by atoms with Gasteiger partial charge in [-0.15, -0.1) is 0 Å². The lowest BCUT2D eigenvalue weighted by Crippen LogP contribution is -2.16. The van der Waals surface area contributed by atoms with Gasteiger partial charge >= 0.3 is 0 Å². The van der Waals surface area contributed by atoms with E-state index in [2.05, 4.69) is 43.1 Å². The molecule has 2 aromatic carbocycles. The van der Waals surface area contributed by atoms with Crippen LogP contribution in [0.2, 0.25) is 0 Å². The first-order valence-corrected chi connectivity index (χ1v) is 5.78. The third-order valence-electron chi connectivity index (χ3n) is 3.00. The summed E-state index contributed by atoms with van der Waals surface area (Å²) in [5, 5.41) is 0. The molecule has 0 heterocycles. The summed E-state index contributed by atoms with van der Waals surface area (Å²) in [7, 11) is 2.10. The lowest BCUT2D eigenvalue weighted by Gasteiger charge is -2.20. The average Bonchev–Trinajstić information content (AvgIpc) is 2.33. The summed E-state index contributed by atoms with van der Waals surface area (Å²) in [4.78, 5) is 2.22. The minimum atomic E-state index is 0.804. The van der Waals surface area contributed by atoms with E-state index in [4.69, 9.17) is 5.73 Å². The fourth-order valence-corrected chi connectivity index (χ4v) is 1.86. The maximum atomic E-state index is 5.68. The summed E-state index contributed by atoms with van der Waals surface area (Å²) in [5.74, 6) is 0. The van der Waals surface area contributed by atoms with Crippen LogP contribution in [-0.4, -0.2) is 7.05 Å². The summed E-state index contributed by atoms with van der Waals surface area (Å²) in [6, 6.07) is 16.4. The molecule has 0 aliphatic carbocycles. The van der Waals surface area contributed by atoms with Gasteiger partial charge in [-0.3, -0.25) is 0 Å². The highest BCUT2D eigenvalue weighted by molar-refractivity contribution is 5.53. The molecule has 0 unspecified atom stereocenters. The third-order valence-corrected chi connectivity index (χ3v) is 3.00. The molecule has 0 aliphatic rings. The Bertz CT molecular complexity index is 489. The van der Waals surface area contributed by atoms with Crippen molar-refractivity contribution in [3.05, 3.63) is 59.7 Å². The van der Waals surface area contributed by atoms with Gasteiger partial charge in [0.25, 0.3) is 0 Å². The van der Waals surface area contributed by atoms with Gasteiger partial charge in [0.05, 0.1) is 0 Å². The molecule has 0 aromatic heterocycles. The number of hydrogen-bond acceptors (Lipinski definition) is 2. The number of aryl methyl sites for hydroxylation is 1. The van der Waals surface area contributed by atoms with E-state index in [1.54, 1.807) is 0 Å². The fourth-order valence-electron chi connectivity index (χ4n) is 1.86. The van der Waals surface area contributed by atoms with Crippen LogP contribution in [0, 0.1) is 6.92 Å². The smallest absolute Gasteiger partial charge is 0.0428 e. The molecule has 0 amide bonds. The van der Waals surface area contributed by atoms with Crippen LogP contribution in [0.4, 0.5) is 11.4 Å². The molecule has 88 valence electrons. The zero-order chi connectivity index (χ0) is 12.3. The normalized spacial score (nSPS) is 10.2. The largest absolute Gasteiger partial charge is 0.399 e. The molecule has 0 aliphatic heterocycles. The molecule has 2 N–H and O–H groups in total. The van der Waals surface area contributed by atoms with E-state index < -0.39 is 0 Å². The van der Waals surface area contributed by atoms with Crippen LogP contribution in [0.5, 0.6) is 0 Å². The molecule has 2 nitrogen and oxygen atoms in total. The molecule has 17 heavy (non-hydrogen) atoms. The fraction of sp³-hybridized carbons (Fsp3) is 0.200. The Morgan fingerprint density at radius 2 is 1.65 bits per heavy atom. The van der Waals surface area contributed by atoms with Crippen molar-refractivity contribution in [1.82, 2.24) is 0 Å². The van der Waals surface area contributed by atoms with Gasteiger partial charge in [0.15, 0.2) is 0 Å². The Kier molecular flexibility index (Phi) is 3.33. The van der Waals surface area contributed by atoms with E-state index >= 15 is 0 Å². The number of rotatable bonds is 3. The second-order valence-electron chi connectivity index (χ2n) is 4.37. The summed E-state index contributed by atoms with van der Waals surface area (Å²) >= 11 is 0. The summed E-state index contributed by atoms with van der Waals surface area (Å²) in [6.45, 7) is 3.06. The number of hydrogen-bond donors (Lipinski definition) is 1. The molecule has 0 fully saturated rings. The van der Waals surface area contributed by atoms with Crippen molar-refractivity contribution in [2.75, 3.05) is 17.7 Å². The Balaban J connectivity index is 2.14. The molecular weight excluding hydrogens is 208 g/mol. The monoisotopic (exact) mass is 226 g/mol. The first-order chi connectivity index (χ1) is 8.16. The van der Waals surface area contributed by atoms with Gasteiger partial charge in [-0.2, -0.15) is 0 Å². The second kappa shape index (κ2) is 4.91. The van der Waals surface area contributed by atoms with E-state index in [1.165, 1.54) is 16.8 Å². The van der Waals surface area contributed by atoms with Crippen molar-refractivity contribution >= 4 is 11.4 Å². The standard InChI is InChI=1S/C15H18N2/c1-12-5-3-4-6-13(12)11-17(2)15-9-7-14(16)8-10-15/h3-10H,11,16H2,1-2H3. The van der Waals surface area contributed by atoms with E-state index in [-0.39, 0.29) is 0 Å². The van der Waals surface area contributed by atoms with Gasteiger partial charge < -0.3 is 10.6 Å². The van der Waals surface area contributed by atoms with Crippen molar-refractivity contribution in [1.29, 1.82) is 0 Å².